The molecule has 0 N–H and O–H groups in total. The summed E-state index contributed by atoms with van der Waals surface area (Å²) in [6.45, 7) is 14.6. The molecule has 2 aliphatic carbocycles. The van der Waals surface area contributed by atoms with Crippen LogP contribution in [0.2, 0.25) is 19.6 Å². The van der Waals surface area contributed by atoms with Gasteiger partial charge in [0, 0.05) is 5.66 Å². The average molecular weight is 370 g/mol. The second-order valence-electron chi connectivity index (χ2n) is 7.64. The van der Waals surface area contributed by atoms with E-state index in [1.165, 1.54) is 0 Å². The summed E-state index contributed by atoms with van der Waals surface area (Å²) in [5.41, 5.74) is 1.95. The van der Waals surface area contributed by atoms with E-state index in [-0.39, 0.29) is 25.0 Å². The van der Waals surface area contributed by atoms with Gasteiger partial charge in [-0.1, -0.05) is 40.4 Å². The van der Waals surface area contributed by atoms with Crippen molar-refractivity contribution in [3.8, 4) is 0 Å². The van der Waals surface area contributed by atoms with Crippen LogP contribution in [0, 0.1) is 68.9 Å². The van der Waals surface area contributed by atoms with E-state index in [1.807, 2.05) is 37.0 Å². The second-order valence-corrected chi connectivity index (χ2v) is 15.1. The molecule has 3 aliphatic rings. The predicted molar refractivity (Wildman–Crippen MR) is 98.7 cm³/mol. The topological polar surface area (TPSA) is 0 Å². The summed E-state index contributed by atoms with van der Waals surface area (Å²) in [7, 11) is -1.12. The van der Waals surface area contributed by atoms with Crippen molar-refractivity contribution in [3.63, 3.8) is 0 Å². The monoisotopic (exact) mass is 370 g/mol. The maximum absolute atomic E-state index is 2.49. The fourth-order valence-electron chi connectivity index (χ4n) is 2.64. The van der Waals surface area contributed by atoms with Crippen LogP contribution in [0.1, 0.15) is 20.8 Å². The molecule has 1 aliphatic heterocycles. The van der Waals surface area contributed by atoms with Crippen LogP contribution < -0.4 is 0 Å². The molecule has 0 aromatic heterocycles. The standard InChI is InChI=1S/C14H22PSi.C5H5.Fe/c1-14(2,3)12-13(16(4,5)6)15(12)11-9-7-8-10-11;1-2-4-5-3-1;/h7-10H,1-6H3;1-5H;/q;;+2. The van der Waals surface area contributed by atoms with E-state index in [4.69, 9.17) is 0 Å². The molecular formula is C19H27FePSi+2. The molecule has 0 aromatic rings. The van der Waals surface area contributed by atoms with Crippen molar-refractivity contribution in [3.05, 3.63) is 73.7 Å². The number of hydrogen-bond donors (Lipinski definition) is 0. The van der Waals surface area contributed by atoms with Crippen molar-refractivity contribution in [2.24, 2.45) is 5.41 Å². The van der Waals surface area contributed by atoms with Gasteiger partial charge in [0.25, 0.3) is 0 Å². The smallest absolute Gasteiger partial charge is 0.0656 e. The van der Waals surface area contributed by atoms with Crippen LogP contribution in [0.3, 0.4) is 0 Å². The Morgan fingerprint density at radius 2 is 1.18 bits per heavy atom. The van der Waals surface area contributed by atoms with Crippen LogP contribution in [0.15, 0.2) is 10.3 Å². The van der Waals surface area contributed by atoms with Gasteiger partial charge in [-0.25, -0.2) is 0 Å². The van der Waals surface area contributed by atoms with Crippen molar-refractivity contribution in [2.75, 3.05) is 0 Å². The number of hydrogen-bond acceptors (Lipinski definition) is 0. The van der Waals surface area contributed by atoms with E-state index in [9.17, 15) is 0 Å². The van der Waals surface area contributed by atoms with Crippen LogP contribution in [0.5, 0.6) is 0 Å². The van der Waals surface area contributed by atoms with Crippen LogP contribution >= 0.6 is 7.92 Å². The van der Waals surface area contributed by atoms with Gasteiger partial charge in [0.2, 0.25) is 0 Å². The fourth-order valence-corrected chi connectivity index (χ4v) is 10.8. The molecule has 1 unspecified atom stereocenters. The Hall–Kier alpha value is 0.906. The minimum atomic E-state index is -1.11. The van der Waals surface area contributed by atoms with Crippen molar-refractivity contribution in [1.82, 2.24) is 0 Å². The van der Waals surface area contributed by atoms with Gasteiger partial charge < -0.3 is 0 Å². The van der Waals surface area contributed by atoms with Gasteiger partial charge in [-0.15, -0.1) is 0 Å². The van der Waals surface area contributed by atoms with E-state index >= 15 is 0 Å². The van der Waals surface area contributed by atoms with Gasteiger partial charge in [0.15, 0.2) is 0 Å². The first-order valence-corrected chi connectivity index (χ1v) is 12.5. The third-order valence-corrected chi connectivity index (χ3v) is 10.7. The molecule has 3 rings (SSSR count). The summed E-state index contributed by atoms with van der Waals surface area (Å²) in [6.07, 6.45) is 19.0. The quantitative estimate of drug-likeness (QED) is 0.413. The molecule has 22 heavy (non-hydrogen) atoms. The zero-order chi connectivity index (χ0) is 15.7. The van der Waals surface area contributed by atoms with Gasteiger partial charge in [-0.05, 0) is 81.4 Å². The molecule has 0 bridgehead atoms. The normalized spacial score (nSPS) is 25.6. The van der Waals surface area contributed by atoms with Crippen molar-refractivity contribution in [2.45, 2.75) is 40.4 Å². The maximum Gasteiger partial charge on any atom is 2.00 e. The molecule has 0 amide bonds. The zero-order valence-electron chi connectivity index (χ0n) is 14.5. The summed E-state index contributed by atoms with van der Waals surface area (Å²) in [5.74, 6) is 0. The molecule has 118 valence electrons. The molecule has 1 heterocycles. The summed E-state index contributed by atoms with van der Waals surface area (Å²) in [4.78, 5) is 1.86. The van der Waals surface area contributed by atoms with E-state index in [2.05, 4.69) is 66.1 Å². The Balaban J connectivity index is 0.000000344. The zero-order valence-corrected chi connectivity index (χ0v) is 17.5. The third-order valence-electron chi connectivity index (χ3n) is 3.50. The molecule has 0 aromatic carbocycles. The third kappa shape index (κ3) is 5.47. The van der Waals surface area contributed by atoms with Crippen LogP contribution in [-0.2, 0) is 17.1 Å². The minimum Gasteiger partial charge on any atom is -0.0656 e. The van der Waals surface area contributed by atoms with Gasteiger partial charge >= 0.3 is 17.1 Å². The van der Waals surface area contributed by atoms with Gasteiger partial charge in [-0.3, -0.25) is 0 Å². The summed E-state index contributed by atoms with van der Waals surface area (Å²) < 4.78 is 0. The van der Waals surface area contributed by atoms with Crippen molar-refractivity contribution >= 4 is 16.0 Å². The summed E-state index contributed by atoms with van der Waals surface area (Å²) in [6, 6.07) is 0. The summed E-state index contributed by atoms with van der Waals surface area (Å²) >= 11 is 0. The molecule has 3 heteroatoms. The molecule has 0 nitrogen and oxygen atoms in total. The largest absolute Gasteiger partial charge is 2.00 e. The molecule has 0 saturated heterocycles. The van der Waals surface area contributed by atoms with E-state index in [1.54, 1.807) is 11.0 Å². The summed E-state index contributed by atoms with van der Waals surface area (Å²) in [5, 5.41) is 1.79. The Morgan fingerprint density at radius 1 is 0.773 bits per heavy atom. The van der Waals surface area contributed by atoms with E-state index in [0.29, 0.717) is 5.41 Å². The molecule has 0 spiro atoms. The Kier molecular flexibility index (Phi) is 7.93. The average Bonchev–Trinajstić information content (AvgIpc) is 2.82. The maximum atomic E-state index is 2.49. The fraction of sp³-hybridized carbons (Fsp3) is 0.368. The SMILES string of the molecule is CC(C)(C)C1=C([Si](C)(C)C)P1[C]1[CH][CH][CH][CH]1.[CH]1[CH][CH][CH][CH]1.[Fe+2]. The predicted octanol–water partition coefficient (Wildman–Crippen LogP) is 6.00. The first kappa shape index (κ1) is 21.0. The first-order valence-electron chi connectivity index (χ1n) is 7.66. The number of allylic oxidation sites excluding steroid dienone is 1. The van der Waals surface area contributed by atoms with Crippen molar-refractivity contribution in [1.29, 1.82) is 0 Å². The molecule has 2 fully saturated rings. The Labute approximate surface area is 152 Å². The van der Waals surface area contributed by atoms with Gasteiger partial charge in [0.05, 0.1) is 8.07 Å². The Bertz CT molecular complexity index is 348. The minimum absolute atomic E-state index is 0. The van der Waals surface area contributed by atoms with Gasteiger partial charge in [0.1, 0.15) is 0 Å². The van der Waals surface area contributed by atoms with Crippen LogP contribution in [-0.4, -0.2) is 8.07 Å². The second kappa shape index (κ2) is 8.33. The van der Waals surface area contributed by atoms with E-state index < -0.39 is 8.07 Å². The first-order chi connectivity index (χ1) is 9.73. The van der Waals surface area contributed by atoms with Crippen LogP contribution in [0.25, 0.3) is 0 Å². The number of rotatable bonds is 2. The Morgan fingerprint density at radius 3 is 1.45 bits per heavy atom. The molecule has 2 saturated carbocycles. The van der Waals surface area contributed by atoms with Crippen LogP contribution in [0.4, 0.5) is 0 Å². The molecule has 1 atom stereocenters. The van der Waals surface area contributed by atoms with Crippen molar-refractivity contribution < 1.29 is 17.1 Å². The van der Waals surface area contributed by atoms with E-state index in [0.717, 1.165) is 0 Å². The molecule has 10 radical (unpaired) electrons. The molecular weight excluding hydrogens is 343 g/mol. The van der Waals surface area contributed by atoms with Gasteiger partial charge in [-0.2, -0.15) is 0 Å².